The van der Waals surface area contributed by atoms with Gasteiger partial charge in [0.1, 0.15) is 42.3 Å². The molecule has 256 valence electrons. The van der Waals surface area contributed by atoms with Gasteiger partial charge >= 0.3 is 0 Å². The number of phenolic OH excluding ortho intramolecular Hbond substituents is 1. The monoisotopic (exact) mass is 752 g/mol. The SMILES string of the molecule is Nc1ccc(S(=O)(=O)O)c(/N=N/c2c(S(=O)(=O)O)cc3cc(S(=O)(=O)O)c(/N=N/c4ccc5ccccc5c4S(=O)(=O)O)c(N)c3c2O)c1. The van der Waals surface area contributed by atoms with Crippen molar-refractivity contribution < 1.29 is 57.0 Å². The zero-order valence-corrected chi connectivity index (χ0v) is 27.2. The third-order valence-corrected chi connectivity index (χ3v) is 10.3. The van der Waals surface area contributed by atoms with Gasteiger partial charge in [-0.15, -0.1) is 20.5 Å². The van der Waals surface area contributed by atoms with Crippen LogP contribution in [0.15, 0.2) is 107 Å². The van der Waals surface area contributed by atoms with Crippen LogP contribution in [0.2, 0.25) is 0 Å². The first-order chi connectivity index (χ1) is 22.6. The Morgan fingerprint density at radius 2 is 1.08 bits per heavy atom. The normalized spacial score (nSPS) is 13.2. The van der Waals surface area contributed by atoms with E-state index in [1.54, 1.807) is 6.07 Å². The van der Waals surface area contributed by atoms with E-state index in [1.165, 1.54) is 24.3 Å². The second-order valence-electron chi connectivity index (χ2n) is 9.97. The second-order valence-corrected chi connectivity index (χ2v) is 15.5. The Morgan fingerprint density at radius 3 is 1.67 bits per heavy atom. The van der Waals surface area contributed by atoms with Crippen LogP contribution in [0.4, 0.5) is 34.1 Å². The number of rotatable bonds is 8. The lowest BCUT2D eigenvalue weighted by Crippen LogP contribution is -2.04. The number of fused-ring (bicyclic) bond motifs is 2. The first kappa shape index (κ1) is 35.2. The maximum atomic E-state index is 12.4. The summed E-state index contributed by atoms with van der Waals surface area (Å²) in [6.45, 7) is 0. The molecule has 5 rings (SSSR count). The molecule has 0 aliphatic heterocycles. The van der Waals surface area contributed by atoms with E-state index in [1.807, 2.05) is 0 Å². The van der Waals surface area contributed by atoms with Crippen molar-refractivity contribution in [1.29, 1.82) is 0 Å². The van der Waals surface area contributed by atoms with E-state index in [0.717, 1.165) is 24.3 Å². The summed E-state index contributed by atoms with van der Waals surface area (Å²) in [5.74, 6) is -1.20. The molecule has 0 bridgehead atoms. The minimum atomic E-state index is -5.33. The second kappa shape index (κ2) is 12.1. The topological polar surface area (TPSA) is 339 Å². The highest BCUT2D eigenvalue weighted by atomic mass is 32.2. The maximum Gasteiger partial charge on any atom is 0.297 e. The van der Waals surface area contributed by atoms with Crippen LogP contribution in [0.5, 0.6) is 5.75 Å². The fraction of sp³-hybridized carbons (Fsp3) is 0. The molecular weight excluding hydrogens is 733 g/mol. The predicted octanol–water partition coefficient (Wildman–Crippen LogP) is 4.68. The van der Waals surface area contributed by atoms with Crippen molar-refractivity contribution in [2.75, 3.05) is 11.5 Å². The highest BCUT2D eigenvalue weighted by molar-refractivity contribution is 7.86. The Morgan fingerprint density at radius 1 is 0.531 bits per heavy atom. The van der Waals surface area contributed by atoms with Crippen molar-refractivity contribution >= 4 is 96.1 Å². The van der Waals surface area contributed by atoms with Gasteiger partial charge in [0.05, 0.1) is 11.1 Å². The van der Waals surface area contributed by atoms with Gasteiger partial charge in [-0.25, -0.2) is 0 Å². The molecular formula is C26H20N6O13S4. The minimum Gasteiger partial charge on any atom is -0.505 e. The van der Waals surface area contributed by atoms with Crippen molar-refractivity contribution in [2.45, 2.75) is 19.6 Å². The smallest absolute Gasteiger partial charge is 0.297 e. The lowest BCUT2D eigenvalue weighted by molar-refractivity contribution is 0.472. The molecule has 49 heavy (non-hydrogen) atoms. The molecule has 0 aliphatic rings. The van der Waals surface area contributed by atoms with Crippen molar-refractivity contribution in [3.8, 4) is 5.75 Å². The summed E-state index contributed by atoms with van der Waals surface area (Å²) in [6, 6.07) is 12.4. The standard InChI is InChI=1S/C26H20N6O13S4/c27-14-6-8-18(46(34,35)36)17(11-14)30-32-24-20(48(40,41)42)10-13-9-19(47(37,38)39)23(22(28)21(13)25(24)33)31-29-16-7-5-12-3-1-2-4-15(12)26(16)49(43,44)45/h1-11,33H,27-28H2,(H,34,35,36)(H,37,38,39)(H,40,41,42)(H,43,44,45)/b31-29+,32-30+. The van der Waals surface area contributed by atoms with E-state index in [9.17, 15) is 57.0 Å². The van der Waals surface area contributed by atoms with Gasteiger partial charge in [-0.3, -0.25) is 18.2 Å². The van der Waals surface area contributed by atoms with Gasteiger partial charge in [0.25, 0.3) is 40.5 Å². The molecule has 0 unspecified atom stereocenters. The Labute approximate surface area is 276 Å². The van der Waals surface area contributed by atoms with E-state index >= 15 is 0 Å². The van der Waals surface area contributed by atoms with Crippen LogP contribution in [0.25, 0.3) is 21.5 Å². The van der Waals surface area contributed by atoms with E-state index in [4.69, 9.17) is 11.5 Å². The van der Waals surface area contributed by atoms with Crippen molar-refractivity contribution in [1.82, 2.24) is 0 Å². The van der Waals surface area contributed by atoms with Crippen LogP contribution in [-0.2, 0) is 40.5 Å². The third kappa shape index (κ3) is 6.90. The Hall–Kier alpha value is -5.14. The number of nitrogens with zero attached hydrogens (tertiary/aromatic N) is 4. The zero-order valence-electron chi connectivity index (χ0n) is 23.9. The number of nitrogen functional groups attached to an aromatic ring is 2. The van der Waals surface area contributed by atoms with E-state index in [-0.39, 0.29) is 11.1 Å². The van der Waals surface area contributed by atoms with Gasteiger partial charge in [0, 0.05) is 11.1 Å². The average molecular weight is 753 g/mol. The fourth-order valence-corrected chi connectivity index (χ4v) is 7.49. The molecule has 9 N–H and O–H groups in total. The minimum absolute atomic E-state index is 0.00524. The quantitative estimate of drug-likeness (QED) is 0.0642. The largest absolute Gasteiger partial charge is 0.505 e. The molecule has 0 heterocycles. The summed E-state index contributed by atoms with van der Waals surface area (Å²) < 4.78 is 137. The van der Waals surface area contributed by atoms with Crippen LogP contribution < -0.4 is 11.5 Å². The van der Waals surface area contributed by atoms with Gasteiger partial charge < -0.3 is 16.6 Å². The maximum absolute atomic E-state index is 12.4. The highest BCUT2D eigenvalue weighted by Gasteiger charge is 2.29. The zero-order chi connectivity index (χ0) is 36.3. The summed E-state index contributed by atoms with van der Waals surface area (Å²) in [7, 11) is -20.5. The summed E-state index contributed by atoms with van der Waals surface area (Å²) in [6.07, 6.45) is 0. The van der Waals surface area contributed by atoms with Crippen LogP contribution >= 0.6 is 0 Å². The van der Waals surface area contributed by atoms with Crippen molar-refractivity contribution in [2.24, 2.45) is 20.5 Å². The highest BCUT2D eigenvalue weighted by Crippen LogP contribution is 2.48. The van der Waals surface area contributed by atoms with Gasteiger partial charge in [-0.05, 0) is 47.2 Å². The Bertz CT molecular complexity index is 2750. The Kier molecular flexibility index (Phi) is 8.67. The number of aromatic hydroxyl groups is 1. The molecule has 0 fully saturated rings. The van der Waals surface area contributed by atoms with Gasteiger partial charge in [-0.1, -0.05) is 30.3 Å². The number of benzene rings is 5. The van der Waals surface area contributed by atoms with Crippen LogP contribution in [0.3, 0.4) is 0 Å². The molecule has 0 saturated carbocycles. The predicted molar refractivity (Wildman–Crippen MR) is 172 cm³/mol. The molecule has 0 radical (unpaired) electrons. The number of anilines is 2. The summed E-state index contributed by atoms with van der Waals surface area (Å²) in [5, 5.41) is 25.0. The number of nitrogens with two attached hydrogens (primary N) is 2. The number of phenols is 1. The van der Waals surface area contributed by atoms with Crippen molar-refractivity contribution in [3.05, 3.63) is 66.7 Å². The van der Waals surface area contributed by atoms with E-state index in [2.05, 4.69) is 20.5 Å². The average Bonchev–Trinajstić information content (AvgIpc) is 2.97. The van der Waals surface area contributed by atoms with Gasteiger partial charge in [0.15, 0.2) is 5.75 Å². The molecule has 0 aromatic heterocycles. The van der Waals surface area contributed by atoms with Crippen LogP contribution in [0, 0.1) is 0 Å². The lowest BCUT2D eigenvalue weighted by Gasteiger charge is -2.14. The molecule has 19 nitrogen and oxygen atoms in total. The molecule has 0 saturated heterocycles. The summed E-state index contributed by atoms with van der Waals surface area (Å²) in [5.41, 5.74) is 7.76. The first-order valence-corrected chi connectivity index (χ1v) is 18.6. The molecule has 23 heteroatoms. The summed E-state index contributed by atoms with van der Waals surface area (Å²) in [4.78, 5) is -3.89. The molecule has 0 atom stereocenters. The number of hydrogen-bond acceptors (Lipinski definition) is 15. The fourth-order valence-electron chi connectivity index (χ4n) is 4.72. The van der Waals surface area contributed by atoms with Crippen molar-refractivity contribution in [3.63, 3.8) is 0 Å². The molecule has 0 amide bonds. The third-order valence-electron chi connectivity index (χ3n) is 6.76. The summed E-state index contributed by atoms with van der Waals surface area (Å²) >= 11 is 0. The lowest BCUT2D eigenvalue weighted by atomic mass is 10.1. The Balaban J connectivity index is 1.82. The molecule has 0 spiro atoms. The van der Waals surface area contributed by atoms with Crippen LogP contribution in [-0.4, -0.2) is 57.0 Å². The van der Waals surface area contributed by atoms with E-state index < -0.39 is 105 Å². The molecule has 5 aromatic carbocycles. The van der Waals surface area contributed by atoms with Crippen LogP contribution in [0.1, 0.15) is 0 Å². The molecule has 0 aliphatic carbocycles. The molecule has 5 aromatic rings. The van der Waals surface area contributed by atoms with Gasteiger partial charge in [0.2, 0.25) is 0 Å². The van der Waals surface area contributed by atoms with E-state index in [0.29, 0.717) is 17.5 Å². The first-order valence-electron chi connectivity index (χ1n) is 12.9. The number of azo groups is 2. The number of hydrogen-bond donors (Lipinski definition) is 7. The van der Waals surface area contributed by atoms with Gasteiger partial charge in [-0.2, -0.15) is 33.7 Å².